The van der Waals surface area contributed by atoms with Gasteiger partial charge in [0.2, 0.25) is 11.8 Å². The molecule has 0 N–H and O–H groups in total. The standard InChI is InChI=1S/C17H30N4O4/c1-15(17(23)21-8-12-25-13-9-21)19-4-2-18(3-5-19)14-16(22)20-6-10-24-11-7-20/h15H,2-14H2,1H3. The number of ether oxygens (including phenoxy) is 2. The number of rotatable bonds is 4. The first kappa shape index (κ1) is 18.6. The Labute approximate surface area is 149 Å². The summed E-state index contributed by atoms with van der Waals surface area (Å²) in [6.07, 6.45) is 0. The van der Waals surface area contributed by atoms with Gasteiger partial charge >= 0.3 is 0 Å². The molecule has 3 rings (SSSR count). The second-order valence-electron chi connectivity index (χ2n) is 6.92. The molecule has 0 aromatic rings. The van der Waals surface area contributed by atoms with Gasteiger partial charge in [0.25, 0.3) is 0 Å². The van der Waals surface area contributed by atoms with Crippen molar-refractivity contribution >= 4 is 11.8 Å². The zero-order valence-electron chi connectivity index (χ0n) is 15.2. The molecule has 8 nitrogen and oxygen atoms in total. The van der Waals surface area contributed by atoms with Crippen molar-refractivity contribution in [2.24, 2.45) is 0 Å². The van der Waals surface area contributed by atoms with Crippen molar-refractivity contribution in [1.82, 2.24) is 19.6 Å². The highest BCUT2D eigenvalue weighted by atomic mass is 16.5. The molecule has 1 atom stereocenters. The summed E-state index contributed by atoms with van der Waals surface area (Å²) in [6.45, 7) is 11.1. The second-order valence-corrected chi connectivity index (χ2v) is 6.92. The number of carbonyl (C=O) groups excluding carboxylic acids is 2. The van der Waals surface area contributed by atoms with Crippen LogP contribution in [0.4, 0.5) is 0 Å². The van der Waals surface area contributed by atoms with Crippen molar-refractivity contribution < 1.29 is 19.1 Å². The SMILES string of the molecule is CC(C(=O)N1CCOCC1)N1CCN(CC(=O)N2CCOCC2)CC1. The van der Waals surface area contributed by atoms with Crippen molar-refractivity contribution in [3.05, 3.63) is 0 Å². The number of amides is 2. The van der Waals surface area contributed by atoms with Crippen LogP contribution in [-0.2, 0) is 19.1 Å². The van der Waals surface area contributed by atoms with E-state index in [0.29, 0.717) is 59.2 Å². The van der Waals surface area contributed by atoms with Crippen LogP contribution >= 0.6 is 0 Å². The summed E-state index contributed by atoms with van der Waals surface area (Å²) in [4.78, 5) is 33.2. The van der Waals surface area contributed by atoms with Crippen LogP contribution in [0.25, 0.3) is 0 Å². The van der Waals surface area contributed by atoms with Crippen LogP contribution in [0, 0.1) is 0 Å². The molecule has 1 unspecified atom stereocenters. The fraction of sp³-hybridized carbons (Fsp3) is 0.882. The highest BCUT2D eigenvalue weighted by molar-refractivity contribution is 5.81. The maximum Gasteiger partial charge on any atom is 0.239 e. The van der Waals surface area contributed by atoms with Gasteiger partial charge in [0.1, 0.15) is 0 Å². The fourth-order valence-corrected chi connectivity index (χ4v) is 3.62. The monoisotopic (exact) mass is 354 g/mol. The first-order chi connectivity index (χ1) is 12.1. The summed E-state index contributed by atoms with van der Waals surface area (Å²) in [7, 11) is 0. The molecule has 3 aliphatic rings. The van der Waals surface area contributed by atoms with Gasteiger partial charge in [0, 0.05) is 52.4 Å². The summed E-state index contributed by atoms with van der Waals surface area (Å²) in [5.41, 5.74) is 0. The Kier molecular flexibility index (Phi) is 6.63. The summed E-state index contributed by atoms with van der Waals surface area (Å²) in [5, 5.41) is 0. The molecule has 2 amide bonds. The van der Waals surface area contributed by atoms with E-state index in [1.165, 1.54) is 0 Å². The highest BCUT2D eigenvalue weighted by Crippen LogP contribution is 2.11. The van der Waals surface area contributed by atoms with Crippen LogP contribution in [-0.4, -0.2) is 123 Å². The molecular weight excluding hydrogens is 324 g/mol. The van der Waals surface area contributed by atoms with Gasteiger partial charge in [0.15, 0.2) is 0 Å². The first-order valence-corrected chi connectivity index (χ1v) is 9.33. The number of carbonyl (C=O) groups is 2. The van der Waals surface area contributed by atoms with Gasteiger partial charge in [-0.15, -0.1) is 0 Å². The van der Waals surface area contributed by atoms with Crippen LogP contribution in [0.5, 0.6) is 0 Å². The molecule has 0 saturated carbocycles. The van der Waals surface area contributed by atoms with E-state index in [0.717, 1.165) is 26.2 Å². The van der Waals surface area contributed by atoms with Gasteiger partial charge in [-0.05, 0) is 6.92 Å². The van der Waals surface area contributed by atoms with Crippen LogP contribution in [0.15, 0.2) is 0 Å². The Balaban J connectivity index is 1.41. The minimum Gasteiger partial charge on any atom is -0.378 e. The van der Waals surface area contributed by atoms with E-state index in [1.54, 1.807) is 0 Å². The largest absolute Gasteiger partial charge is 0.378 e. The molecule has 0 spiro atoms. The number of piperazine rings is 1. The fourth-order valence-electron chi connectivity index (χ4n) is 3.62. The maximum atomic E-state index is 12.6. The summed E-state index contributed by atoms with van der Waals surface area (Å²) >= 11 is 0. The lowest BCUT2D eigenvalue weighted by atomic mass is 10.2. The lowest BCUT2D eigenvalue weighted by Gasteiger charge is -2.40. The molecule has 8 heteroatoms. The number of nitrogens with zero attached hydrogens (tertiary/aromatic N) is 4. The molecule has 3 aliphatic heterocycles. The summed E-state index contributed by atoms with van der Waals surface area (Å²) in [5.74, 6) is 0.385. The average molecular weight is 354 g/mol. The van der Waals surface area contributed by atoms with E-state index < -0.39 is 0 Å². The van der Waals surface area contributed by atoms with E-state index >= 15 is 0 Å². The van der Waals surface area contributed by atoms with E-state index in [-0.39, 0.29) is 17.9 Å². The minimum atomic E-state index is -0.102. The first-order valence-electron chi connectivity index (χ1n) is 9.33. The summed E-state index contributed by atoms with van der Waals surface area (Å²) in [6, 6.07) is -0.102. The van der Waals surface area contributed by atoms with E-state index in [4.69, 9.17) is 9.47 Å². The molecule has 142 valence electrons. The molecular formula is C17H30N4O4. The number of morpholine rings is 2. The number of hydrogen-bond acceptors (Lipinski definition) is 6. The Hall–Kier alpha value is -1.22. The molecule has 3 saturated heterocycles. The average Bonchev–Trinajstić information content (AvgIpc) is 2.69. The van der Waals surface area contributed by atoms with Crippen molar-refractivity contribution in [3.63, 3.8) is 0 Å². The number of hydrogen-bond donors (Lipinski definition) is 0. The topological polar surface area (TPSA) is 65.6 Å². The predicted molar refractivity (Wildman–Crippen MR) is 92.3 cm³/mol. The third-order valence-corrected chi connectivity index (χ3v) is 5.36. The zero-order chi connectivity index (χ0) is 17.6. The lowest BCUT2D eigenvalue weighted by Crippen LogP contribution is -2.57. The minimum absolute atomic E-state index is 0.102. The van der Waals surface area contributed by atoms with Gasteiger partial charge in [-0.3, -0.25) is 19.4 Å². The lowest BCUT2D eigenvalue weighted by molar-refractivity contribution is -0.142. The Bertz CT molecular complexity index is 456. The van der Waals surface area contributed by atoms with Crippen LogP contribution < -0.4 is 0 Å². The molecule has 3 heterocycles. The van der Waals surface area contributed by atoms with Gasteiger partial charge in [0.05, 0.1) is 39.0 Å². The van der Waals surface area contributed by atoms with Crippen molar-refractivity contribution in [1.29, 1.82) is 0 Å². The quantitative estimate of drug-likeness (QED) is 0.626. The third kappa shape index (κ3) is 4.91. The van der Waals surface area contributed by atoms with Crippen molar-refractivity contribution in [2.45, 2.75) is 13.0 Å². The van der Waals surface area contributed by atoms with Crippen LogP contribution in [0.1, 0.15) is 6.92 Å². The smallest absolute Gasteiger partial charge is 0.239 e. The van der Waals surface area contributed by atoms with Crippen LogP contribution in [0.2, 0.25) is 0 Å². The zero-order valence-corrected chi connectivity index (χ0v) is 15.2. The predicted octanol–water partition coefficient (Wildman–Crippen LogP) is -1.29. The Morgan fingerprint density at radius 2 is 1.32 bits per heavy atom. The van der Waals surface area contributed by atoms with Crippen molar-refractivity contribution in [3.8, 4) is 0 Å². The molecule has 0 aliphatic carbocycles. The van der Waals surface area contributed by atoms with Gasteiger partial charge in [-0.2, -0.15) is 0 Å². The van der Waals surface area contributed by atoms with Crippen LogP contribution in [0.3, 0.4) is 0 Å². The summed E-state index contributed by atoms with van der Waals surface area (Å²) < 4.78 is 10.6. The molecule has 25 heavy (non-hydrogen) atoms. The van der Waals surface area contributed by atoms with Gasteiger partial charge in [-0.25, -0.2) is 0 Å². The Morgan fingerprint density at radius 1 is 0.800 bits per heavy atom. The molecule has 0 aromatic heterocycles. The van der Waals surface area contributed by atoms with E-state index in [9.17, 15) is 9.59 Å². The Morgan fingerprint density at radius 3 is 1.88 bits per heavy atom. The van der Waals surface area contributed by atoms with Gasteiger partial charge in [-0.1, -0.05) is 0 Å². The second kappa shape index (κ2) is 8.93. The molecule has 0 aromatic carbocycles. The molecule has 0 bridgehead atoms. The van der Waals surface area contributed by atoms with Gasteiger partial charge < -0.3 is 19.3 Å². The molecule has 0 radical (unpaired) electrons. The van der Waals surface area contributed by atoms with E-state index in [1.807, 2.05) is 16.7 Å². The third-order valence-electron chi connectivity index (χ3n) is 5.36. The van der Waals surface area contributed by atoms with Crippen molar-refractivity contribution in [2.75, 3.05) is 85.3 Å². The molecule has 3 fully saturated rings. The normalized spacial score (nSPS) is 25.0. The maximum absolute atomic E-state index is 12.6. The van der Waals surface area contributed by atoms with E-state index in [2.05, 4.69) is 9.80 Å². The highest BCUT2D eigenvalue weighted by Gasteiger charge is 2.30.